The minimum absolute atomic E-state index is 0.221. The fraction of sp³-hybridized carbons (Fsp3) is 0.385. The number of hydrogen-bond donors (Lipinski definition) is 1. The van der Waals surface area contributed by atoms with Gasteiger partial charge in [0, 0.05) is 13.1 Å². The average Bonchev–Trinajstić information content (AvgIpc) is 2.80. The van der Waals surface area contributed by atoms with Crippen molar-refractivity contribution in [2.75, 3.05) is 26.3 Å². The van der Waals surface area contributed by atoms with E-state index in [0.717, 1.165) is 26.3 Å². The van der Waals surface area contributed by atoms with Crippen LogP contribution in [-0.4, -0.2) is 47.3 Å². The number of morpholine rings is 1. The smallest absolute Gasteiger partial charge is 0.335 e. The summed E-state index contributed by atoms with van der Waals surface area (Å²) in [6, 6.07) is 4.70. The van der Waals surface area contributed by atoms with Gasteiger partial charge in [-0.3, -0.25) is 4.90 Å². The van der Waals surface area contributed by atoms with E-state index in [0.29, 0.717) is 23.5 Å². The largest absolute Gasteiger partial charge is 0.478 e. The molecular formula is C13H14N2O4. The number of fused-ring (bicyclic) bond motifs is 1. The molecule has 3 rings (SSSR count). The lowest BCUT2D eigenvalue weighted by Gasteiger charge is -2.24. The highest BCUT2D eigenvalue weighted by molar-refractivity contribution is 5.91. The molecule has 0 radical (unpaired) electrons. The molecule has 2 aromatic rings. The molecule has 0 aliphatic carbocycles. The van der Waals surface area contributed by atoms with Crippen molar-refractivity contribution in [3.63, 3.8) is 0 Å². The Labute approximate surface area is 109 Å². The van der Waals surface area contributed by atoms with E-state index in [1.807, 2.05) is 0 Å². The Morgan fingerprint density at radius 3 is 2.89 bits per heavy atom. The van der Waals surface area contributed by atoms with Gasteiger partial charge in [0.15, 0.2) is 5.58 Å². The van der Waals surface area contributed by atoms with Crippen molar-refractivity contribution in [2.45, 2.75) is 6.54 Å². The Morgan fingerprint density at radius 1 is 1.37 bits per heavy atom. The lowest BCUT2D eigenvalue weighted by atomic mass is 10.2. The summed E-state index contributed by atoms with van der Waals surface area (Å²) in [5.74, 6) is -0.348. The predicted octanol–water partition coefficient (Wildman–Crippen LogP) is 1.36. The molecule has 0 atom stereocenters. The van der Waals surface area contributed by atoms with Gasteiger partial charge in [0.1, 0.15) is 5.52 Å². The average molecular weight is 262 g/mol. The number of nitrogens with zero attached hydrogens (tertiary/aromatic N) is 2. The minimum Gasteiger partial charge on any atom is -0.478 e. The normalized spacial score (nSPS) is 16.8. The number of oxazole rings is 1. The molecule has 1 aromatic heterocycles. The van der Waals surface area contributed by atoms with E-state index in [-0.39, 0.29) is 5.56 Å². The van der Waals surface area contributed by atoms with Crippen LogP contribution in [0.15, 0.2) is 22.6 Å². The van der Waals surface area contributed by atoms with Crippen LogP contribution in [0.1, 0.15) is 16.2 Å². The number of benzene rings is 1. The highest BCUT2D eigenvalue weighted by Crippen LogP contribution is 2.18. The fourth-order valence-electron chi connectivity index (χ4n) is 2.13. The lowest BCUT2D eigenvalue weighted by molar-refractivity contribution is 0.0308. The van der Waals surface area contributed by atoms with Gasteiger partial charge in [-0.25, -0.2) is 9.78 Å². The van der Waals surface area contributed by atoms with Gasteiger partial charge in [0.25, 0.3) is 0 Å². The zero-order valence-electron chi connectivity index (χ0n) is 10.3. The zero-order valence-corrected chi connectivity index (χ0v) is 10.3. The maximum Gasteiger partial charge on any atom is 0.335 e. The van der Waals surface area contributed by atoms with E-state index in [9.17, 15) is 4.79 Å². The maximum atomic E-state index is 10.9. The van der Waals surface area contributed by atoms with Gasteiger partial charge in [-0.1, -0.05) is 0 Å². The Morgan fingerprint density at radius 2 is 2.16 bits per heavy atom. The second-order valence-electron chi connectivity index (χ2n) is 4.48. The number of ether oxygens (including phenoxy) is 1. The molecule has 0 amide bonds. The van der Waals surface area contributed by atoms with Crippen molar-refractivity contribution < 1.29 is 19.1 Å². The summed E-state index contributed by atoms with van der Waals surface area (Å²) in [5, 5.41) is 8.93. The molecule has 0 bridgehead atoms. The van der Waals surface area contributed by atoms with Crippen LogP contribution in [0, 0.1) is 0 Å². The first-order valence-electron chi connectivity index (χ1n) is 6.15. The Kier molecular flexibility index (Phi) is 3.18. The number of rotatable bonds is 3. The number of hydrogen-bond acceptors (Lipinski definition) is 5. The van der Waals surface area contributed by atoms with Crippen molar-refractivity contribution in [2.24, 2.45) is 0 Å². The molecule has 1 saturated heterocycles. The van der Waals surface area contributed by atoms with Gasteiger partial charge in [-0.05, 0) is 18.2 Å². The molecule has 100 valence electrons. The van der Waals surface area contributed by atoms with Gasteiger partial charge < -0.3 is 14.3 Å². The molecule has 1 fully saturated rings. The quantitative estimate of drug-likeness (QED) is 0.900. The van der Waals surface area contributed by atoms with Crippen LogP contribution in [0.2, 0.25) is 0 Å². The van der Waals surface area contributed by atoms with Crippen LogP contribution in [0.5, 0.6) is 0 Å². The van der Waals surface area contributed by atoms with Crippen molar-refractivity contribution >= 4 is 17.1 Å². The van der Waals surface area contributed by atoms with E-state index < -0.39 is 5.97 Å². The van der Waals surface area contributed by atoms with E-state index >= 15 is 0 Å². The predicted molar refractivity (Wildman–Crippen MR) is 67.1 cm³/mol. The van der Waals surface area contributed by atoms with Crippen LogP contribution in [-0.2, 0) is 11.3 Å². The monoisotopic (exact) mass is 262 g/mol. The highest BCUT2D eigenvalue weighted by Gasteiger charge is 2.15. The molecule has 0 spiro atoms. The van der Waals surface area contributed by atoms with Crippen LogP contribution in [0.4, 0.5) is 0 Å². The van der Waals surface area contributed by atoms with Gasteiger partial charge in [-0.2, -0.15) is 0 Å². The molecule has 6 heteroatoms. The van der Waals surface area contributed by atoms with E-state index in [1.165, 1.54) is 12.1 Å². The molecule has 0 saturated carbocycles. The van der Waals surface area contributed by atoms with Gasteiger partial charge in [-0.15, -0.1) is 0 Å². The van der Waals surface area contributed by atoms with Crippen molar-refractivity contribution in [3.8, 4) is 0 Å². The summed E-state index contributed by atoms with van der Waals surface area (Å²) in [5.41, 5.74) is 1.43. The summed E-state index contributed by atoms with van der Waals surface area (Å²) in [6.07, 6.45) is 0. The fourth-order valence-corrected chi connectivity index (χ4v) is 2.13. The lowest BCUT2D eigenvalue weighted by Crippen LogP contribution is -2.35. The number of carboxylic acid groups (broad SMARTS) is 1. The first-order valence-corrected chi connectivity index (χ1v) is 6.15. The minimum atomic E-state index is -0.959. The molecule has 1 N–H and O–H groups in total. The number of carboxylic acids is 1. The molecular weight excluding hydrogens is 248 g/mol. The van der Waals surface area contributed by atoms with Gasteiger partial charge in [0.2, 0.25) is 5.89 Å². The first kappa shape index (κ1) is 12.1. The summed E-state index contributed by atoms with van der Waals surface area (Å²) in [4.78, 5) is 17.4. The van der Waals surface area contributed by atoms with Crippen LogP contribution >= 0.6 is 0 Å². The standard InChI is InChI=1S/C13H14N2O4/c16-13(17)9-1-2-11-10(7-9)14-12(19-11)8-15-3-5-18-6-4-15/h1-2,7H,3-6,8H2,(H,16,17). The van der Waals surface area contributed by atoms with E-state index in [4.69, 9.17) is 14.3 Å². The molecule has 2 heterocycles. The topological polar surface area (TPSA) is 75.8 Å². The van der Waals surface area contributed by atoms with Crippen LogP contribution in [0.25, 0.3) is 11.1 Å². The molecule has 6 nitrogen and oxygen atoms in total. The summed E-state index contributed by atoms with van der Waals surface area (Å²) in [7, 11) is 0. The summed E-state index contributed by atoms with van der Waals surface area (Å²) < 4.78 is 10.9. The Balaban J connectivity index is 1.82. The van der Waals surface area contributed by atoms with Crippen LogP contribution in [0.3, 0.4) is 0 Å². The van der Waals surface area contributed by atoms with Gasteiger partial charge in [0.05, 0.1) is 25.3 Å². The summed E-state index contributed by atoms with van der Waals surface area (Å²) in [6.45, 7) is 3.80. The van der Waals surface area contributed by atoms with Crippen molar-refractivity contribution in [1.82, 2.24) is 9.88 Å². The van der Waals surface area contributed by atoms with Crippen molar-refractivity contribution in [3.05, 3.63) is 29.7 Å². The Bertz CT molecular complexity index is 602. The first-order chi connectivity index (χ1) is 9.22. The second-order valence-corrected chi connectivity index (χ2v) is 4.48. The van der Waals surface area contributed by atoms with Crippen molar-refractivity contribution in [1.29, 1.82) is 0 Å². The third-order valence-electron chi connectivity index (χ3n) is 3.14. The Hall–Kier alpha value is -1.92. The molecule has 1 aliphatic rings. The zero-order chi connectivity index (χ0) is 13.2. The SMILES string of the molecule is O=C(O)c1ccc2oc(CN3CCOCC3)nc2c1. The summed E-state index contributed by atoms with van der Waals surface area (Å²) >= 11 is 0. The molecule has 19 heavy (non-hydrogen) atoms. The molecule has 1 aliphatic heterocycles. The van der Waals surface area contributed by atoms with E-state index in [1.54, 1.807) is 6.07 Å². The third-order valence-corrected chi connectivity index (χ3v) is 3.14. The highest BCUT2D eigenvalue weighted by atomic mass is 16.5. The second kappa shape index (κ2) is 4.99. The third kappa shape index (κ3) is 2.59. The molecule has 1 aromatic carbocycles. The number of aromatic carboxylic acids is 1. The number of carbonyl (C=O) groups is 1. The maximum absolute atomic E-state index is 10.9. The number of aromatic nitrogens is 1. The van der Waals surface area contributed by atoms with Gasteiger partial charge >= 0.3 is 5.97 Å². The molecule has 0 unspecified atom stereocenters. The van der Waals surface area contributed by atoms with E-state index in [2.05, 4.69) is 9.88 Å². The van der Waals surface area contributed by atoms with Crippen LogP contribution < -0.4 is 0 Å².